The molecule has 0 bridgehead atoms. The average molecular weight is 436 g/mol. The quantitative estimate of drug-likeness (QED) is 0.620. The highest BCUT2D eigenvalue weighted by Crippen LogP contribution is 2.30. The molecule has 1 aliphatic rings. The van der Waals surface area contributed by atoms with Crippen LogP contribution in [0.5, 0.6) is 5.75 Å². The van der Waals surface area contributed by atoms with E-state index in [4.69, 9.17) is 9.47 Å². The van der Waals surface area contributed by atoms with Crippen LogP contribution in [0.1, 0.15) is 28.9 Å². The lowest BCUT2D eigenvalue weighted by molar-refractivity contribution is 0.0590. The maximum Gasteiger partial charge on any atom is 0.354 e. The minimum Gasteiger partial charge on any atom is -0.496 e. The van der Waals surface area contributed by atoms with Gasteiger partial charge in [-0.1, -0.05) is 18.2 Å². The van der Waals surface area contributed by atoms with Crippen LogP contribution >= 0.6 is 0 Å². The maximum atomic E-state index is 13.7. The van der Waals surface area contributed by atoms with E-state index in [0.717, 1.165) is 31.5 Å². The van der Waals surface area contributed by atoms with Gasteiger partial charge >= 0.3 is 5.97 Å². The van der Waals surface area contributed by atoms with Gasteiger partial charge in [-0.3, -0.25) is 0 Å². The summed E-state index contributed by atoms with van der Waals surface area (Å²) in [5.74, 6) is 0.0726. The van der Waals surface area contributed by atoms with Gasteiger partial charge in [0.1, 0.15) is 16.3 Å². The molecule has 1 fully saturated rings. The molecule has 9 heteroatoms. The van der Waals surface area contributed by atoms with Crippen molar-refractivity contribution in [3.05, 3.63) is 47.8 Å². The van der Waals surface area contributed by atoms with Crippen LogP contribution in [0.25, 0.3) is 0 Å². The molecule has 1 aliphatic heterocycles. The van der Waals surface area contributed by atoms with Crippen molar-refractivity contribution >= 4 is 16.0 Å². The molecule has 0 aliphatic carbocycles. The second-order valence-corrected chi connectivity index (χ2v) is 9.45. The fraction of sp³-hybridized carbons (Fsp3) is 0.476. The predicted molar refractivity (Wildman–Crippen MR) is 113 cm³/mol. The molecule has 1 saturated heterocycles. The zero-order valence-corrected chi connectivity index (χ0v) is 18.7. The number of piperidine rings is 1. The number of sulfonamides is 1. The Hall–Kier alpha value is -2.36. The summed E-state index contributed by atoms with van der Waals surface area (Å²) >= 11 is 0. The van der Waals surface area contributed by atoms with Crippen molar-refractivity contribution in [2.24, 2.45) is 7.05 Å². The van der Waals surface area contributed by atoms with Crippen molar-refractivity contribution in [2.75, 3.05) is 34.4 Å². The monoisotopic (exact) mass is 435 g/mol. The summed E-state index contributed by atoms with van der Waals surface area (Å²) < 4.78 is 40.6. The van der Waals surface area contributed by atoms with Gasteiger partial charge < -0.3 is 18.9 Å². The first kappa shape index (κ1) is 22.3. The Morgan fingerprint density at radius 3 is 2.47 bits per heavy atom. The third-order valence-electron chi connectivity index (χ3n) is 5.60. The Balaban J connectivity index is 2.01. The molecule has 0 unspecified atom stereocenters. The minimum absolute atomic E-state index is 0.0826. The molecule has 0 saturated carbocycles. The SMILES string of the molecule is COC(=O)c1cc(S(=O)(=O)N(Cc2ccccc2OC)C2CCN(C)CC2)cn1C. The van der Waals surface area contributed by atoms with E-state index >= 15 is 0 Å². The van der Waals surface area contributed by atoms with Crippen molar-refractivity contribution in [1.82, 2.24) is 13.8 Å². The summed E-state index contributed by atoms with van der Waals surface area (Å²) in [7, 11) is 2.66. The van der Waals surface area contributed by atoms with Crippen molar-refractivity contribution < 1.29 is 22.7 Å². The van der Waals surface area contributed by atoms with E-state index < -0.39 is 16.0 Å². The van der Waals surface area contributed by atoms with Gasteiger partial charge in [0.05, 0.1) is 14.2 Å². The van der Waals surface area contributed by atoms with Crippen LogP contribution in [0.15, 0.2) is 41.4 Å². The molecule has 0 atom stereocenters. The number of benzene rings is 1. The number of rotatable bonds is 7. The third kappa shape index (κ3) is 4.53. The number of para-hydroxylation sites is 1. The number of aromatic nitrogens is 1. The number of carbonyl (C=O) groups is 1. The van der Waals surface area contributed by atoms with Crippen LogP contribution in [-0.4, -0.2) is 68.6 Å². The molecule has 1 aromatic carbocycles. The van der Waals surface area contributed by atoms with Crippen LogP contribution in [0.4, 0.5) is 0 Å². The molecular weight excluding hydrogens is 406 g/mol. The fourth-order valence-corrected chi connectivity index (χ4v) is 5.55. The zero-order chi connectivity index (χ0) is 21.9. The summed E-state index contributed by atoms with van der Waals surface area (Å²) in [4.78, 5) is 14.3. The topological polar surface area (TPSA) is 81.1 Å². The molecule has 0 spiro atoms. The molecular formula is C21H29N3O5S. The summed E-state index contributed by atoms with van der Waals surface area (Å²) in [6.07, 6.45) is 2.94. The van der Waals surface area contributed by atoms with Gasteiger partial charge in [-0.15, -0.1) is 0 Å². The Bertz CT molecular complexity index is 994. The first-order chi connectivity index (χ1) is 14.3. The number of hydrogen-bond donors (Lipinski definition) is 0. The Labute approximate surface area is 178 Å². The average Bonchev–Trinajstić information content (AvgIpc) is 3.15. The fourth-order valence-electron chi connectivity index (χ4n) is 3.81. The molecule has 8 nitrogen and oxygen atoms in total. The van der Waals surface area contributed by atoms with Crippen LogP contribution < -0.4 is 4.74 Å². The molecule has 0 amide bonds. The smallest absolute Gasteiger partial charge is 0.354 e. The normalized spacial score (nSPS) is 16.0. The Morgan fingerprint density at radius 1 is 1.17 bits per heavy atom. The van der Waals surface area contributed by atoms with Crippen molar-refractivity contribution in [1.29, 1.82) is 0 Å². The molecule has 30 heavy (non-hydrogen) atoms. The first-order valence-corrected chi connectivity index (χ1v) is 11.3. The van der Waals surface area contributed by atoms with E-state index in [9.17, 15) is 13.2 Å². The minimum atomic E-state index is -3.85. The number of aryl methyl sites for hydroxylation is 1. The molecule has 3 rings (SSSR count). The molecule has 2 aromatic rings. The lowest BCUT2D eigenvalue weighted by atomic mass is 10.0. The summed E-state index contributed by atoms with van der Waals surface area (Å²) in [5, 5.41) is 0. The highest BCUT2D eigenvalue weighted by atomic mass is 32.2. The van der Waals surface area contributed by atoms with Crippen molar-refractivity contribution in [3.8, 4) is 5.75 Å². The zero-order valence-electron chi connectivity index (χ0n) is 17.9. The number of likely N-dealkylation sites (tertiary alicyclic amines) is 1. The van der Waals surface area contributed by atoms with E-state index in [-0.39, 0.29) is 23.2 Å². The molecule has 2 heterocycles. The molecule has 0 radical (unpaired) electrons. The summed E-state index contributed by atoms with van der Waals surface area (Å²) in [5.41, 5.74) is 0.989. The molecule has 164 valence electrons. The van der Waals surface area contributed by atoms with E-state index in [1.807, 2.05) is 31.3 Å². The summed E-state index contributed by atoms with van der Waals surface area (Å²) in [6.45, 7) is 1.85. The lowest BCUT2D eigenvalue weighted by Crippen LogP contribution is -2.46. The van der Waals surface area contributed by atoms with Gasteiger partial charge in [0.25, 0.3) is 0 Å². The Kier molecular flexibility index (Phi) is 6.84. The van der Waals surface area contributed by atoms with Crippen LogP contribution in [0.3, 0.4) is 0 Å². The van der Waals surface area contributed by atoms with Crippen LogP contribution in [0.2, 0.25) is 0 Å². The first-order valence-electron chi connectivity index (χ1n) is 9.85. The standard InChI is InChI=1S/C21H29N3O5S/c1-22-11-9-17(10-12-22)24(14-16-7-5-6-8-20(16)28-3)30(26,27)18-13-19(21(25)29-4)23(2)15-18/h5-8,13,15,17H,9-12,14H2,1-4H3. The number of methoxy groups -OCH3 is 2. The van der Waals surface area contributed by atoms with Gasteiger partial charge in [-0.25, -0.2) is 13.2 Å². The largest absolute Gasteiger partial charge is 0.496 e. The van der Waals surface area contributed by atoms with Gasteiger partial charge in [-0.2, -0.15) is 4.31 Å². The van der Waals surface area contributed by atoms with Gasteiger partial charge in [0.2, 0.25) is 10.0 Å². The van der Waals surface area contributed by atoms with Gasteiger partial charge in [0, 0.05) is 31.4 Å². The van der Waals surface area contributed by atoms with E-state index in [2.05, 4.69) is 4.90 Å². The second-order valence-electron chi connectivity index (χ2n) is 7.56. The third-order valence-corrected chi connectivity index (χ3v) is 7.46. The predicted octanol–water partition coefficient (Wildman–Crippen LogP) is 2.11. The van der Waals surface area contributed by atoms with Gasteiger partial charge in [0.15, 0.2) is 0 Å². The van der Waals surface area contributed by atoms with E-state index in [1.165, 1.54) is 23.9 Å². The number of ether oxygens (including phenoxy) is 2. The number of nitrogens with zero attached hydrogens (tertiary/aromatic N) is 3. The molecule has 1 aromatic heterocycles. The van der Waals surface area contributed by atoms with Crippen molar-refractivity contribution in [3.63, 3.8) is 0 Å². The lowest BCUT2D eigenvalue weighted by Gasteiger charge is -2.36. The number of hydrogen-bond acceptors (Lipinski definition) is 6. The van der Waals surface area contributed by atoms with E-state index in [0.29, 0.717) is 5.75 Å². The van der Waals surface area contributed by atoms with Crippen LogP contribution in [-0.2, 0) is 28.4 Å². The highest BCUT2D eigenvalue weighted by Gasteiger charge is 2.35. The highest BCUT2D eigenvalue weighted by molar-refractivity contribution is 7.89. The van der Waals surface area contributed by atoms with Crippen molar-refractivity contribution in [2.45, 2.75) is 30.3 Å². The summed E-state index contributed by atoms with van der Waals surface area (Å²) in [6, 6.07) is 8.67. The maximum absolute atomic E-state index is 13.7. The van der Waals surface area contributed by atoms with E-state index in [1.54, 1.807) is 18.5 Å². The molecule has 0 N–H and O–H groups in total. The van der Waals surface area contributed by atoms with Gasteiger partial charge in [-0.05, 0) is 45.1 Å². The van der Waals surface area contributed by atoms with Crippen LogP contribution in [0, 0.1) is 0 Å². The second kappa shape index (κ2) is 9.20. The number of carbonyl (C=O) groups excluding carboxylic acids is 1. The number of esters is 1. The Morgan fingerprint density at radius 2 is 1.83 bits per heavy atom.